The maximum absolute atomic E-state index is 12.5. The van der Waals surface area contributed by atoms with Gasteiger partial charge in [-0.15, -0.1) is 0 Å². The molecule has 0 unspecified atom stereocenters. The van der Waals surface area contributed by atoms with Crippen LogP contribution in [0.15, 0.2) is 24.3 Å². The lowest BCUT2D eigenvalue weighted by Gasteiger charge is -2.23. The molecule has 3 rings (SSSR count). The van der Waals surface area contributed by atoms with Crippen molar-refractivity contribution in [2.75, 3.05) is 31.5 Å². The van der Waals surface area contributed by atoms with E-state index in [9.17, 15) is 9.59 Å². The first kappa shape index (κ1) is 18.1. The van der Waals surface area contributed by atoms with Crippen molar-refractivity contribution in [3.05, 3.63) is 29.3 Å². The Morgan fingerprint density at radius 3 is 2.52 bits per heavy atom. The van der Waals surface area contributed by atoms with Gasteiger partial charge in [-0.2, -0.15) is 0 Å². The zero-order chi connectivity index (χ0) is 17.6. The lowest BCUT2D eigenvalue weighted by molar-refractivity contribution is -0.132. The molecular formula is C19H26ClN3O2. The number of hydrogen-bond acceptors (Lipinski definition) is 2. The zero-order valence-electron chi connectivity index (χ0n) is 14.5. The smallest absolute Gasteiger partial charge is 0.321 e. The number of benzene rings is 1. The van der Waals surface area contributed by atoms with Gasteiger partial charge in [-0.3, -0.25) is 4.79 Å². The second-order valence-electron chi connectivity index (χ2n) is 7.02. The number of hydrogen-bond donors (Lipinski definition) is 1. The minimum absolute atomic E-state index is 0.132. The Morgan fingerprint density at radius 2 is 1.76 bits per heavy atom. The van der Waals surface area contributed by atoms with Crippen LogP contribution in [0.2, 0.25) is 5.02 Å². The number of halogens is 1. The fraction of sp³-hybridized carbons (Fsp3) is 0.579. The number of anilines is 1. The summed E-state index contributed by atoms with van der Waals surface area (Å²) in [6.07, 6.45) is 6.39. The number of nitrogens with one attached hydrogen (secondary N) is 1. The third kappa shape index (κ3) is 5.11. The first-order chi connectivity index (χ1) is 12.1. The summed E-state index contributed by atoms with van der Waals surface area (Å²) in [5.74, 6) is 0.821. The fourth-order valence-electron chi connectivity index (χ4n) is 3.73. The summed E-state index contributed by atoms with van der Waals surface area (Å²) in [5, 5.41) is 3.48. The van der Waals surface area contributed by atoms with Crippen LogP contribution in [-0.4, -0.2) is 47.9 Å². The highest BCUT2D eigenvalue weighted by Gasteiger charge is 2.25. The standard InChI is InChI=1S/C19H26ClN3O2/c20-16-7-3-8-17(14-16)21-19(25)23-10-4-9-22(11-12-23)18(24)13-15-5-1-2-6-15/h3,7-8,14-15H,1-2,4-6,9-13H2,(H,21,25). The summed E-state index contributed by atoms with van der Waals surface area (Å²) in [6.45, 7) is 2.60. The van der Waals surface area contributed by atoms with Crippen molar-refractivity contribution >= 4 is 29.2 Å². The minimum atomic E-state index is -0.132. The van der Waals surface area contributed by atoms with Gasteiger partial charge in [-0.05, 0) is 43.4 Å². The Hall–Kier alpha value is -1.75. The predicted octanol–water partition coefficient (Wildman–Crippen LogP) is 3.99. The van der Waals surface area contributed by atoms with Gasteiger partial charge in [0.1, 0.15) is 0 Å². The second kappa shape index (κ2) is 8.56. The van der Waals surface area contributed by atoms with E-state index < -0.39 is 0 Å². The first-order valence-corrected chi connectivity index (χ1v) is 9.59. The zero-order valence-corrected chi connectivity index (χ0v) is 15.3. The van der Waals surface area contributed by atoms with Crippen LogP contribution in [0.4, 0.5) is 10.5 Å². The summed E-state index contributed by atoms with van der Waals surface area (Å²) in [4.78, 5) is 28.7. The number of nitrogens with zero attached hydrogens (tertiary/aromatic N) is 2. The normalized spacial score (nSPS) is 18.9. The molecule has 1 aromatic rings. The number of amides is 3. The molecule has 0 bridgehead atoms. The molecule has 2 aliphatic rings. The predicted molar refractivity (Wildman–Crippen MR) is 99.8 cm³/mol. The van der Waals surface area contributed by atoms with Crippen LogP contribution >= 0.6 is 11.6 Å². The summed E-state index contributed by atoms with van der Waals surface area (Å²) in [5.41, 5.74) is 0.691. The van der Waals surface area contributed by atoms with Crippen LogP contribution in [0.25, 0.3) is 0 Å². The molecule has 0 aromatic heterocycles. The van der Waals surface area contributed by atoms with E-state index in [1.54, 1.807) is 17.0 Å². The molecule has 0 spiro atoms. The molecule has 1 aliphatic heterocycles. The molecule has 6 heteroatoms. The SMILES string of the molecule is O=C(CC1CCCC1)N1CCCN(C(=O)Nc2cccc(Cl)c2)CC1. The van der Waals surface area contributed by atoms with Crippen LogP contribution in [0.1, 0.15) is 38.5 Å². The molecule has 0 radical (unpaired) electrons. The second-order valence-corrected chi connectivity index (χ2v) is 7.45. The van der Waals surface area contributed by atoms with Crippen molar-refractivity contribution in [2.45, 2.75) is 38.5 Å². The number of urea groups is 1. The van der Waals surface area contributed by atoms with E-state index in [0.29, 0.717) is 42.7 Å². The Labute approximate surface area is 154 Å². The molecule has 1 aliphatic carbocycles. The van der Waals surface area contributed by atoms with E-state index in [4.69, 9.17) is 11.6 Å². The molecule has 1 N–H and O–H groups in total. The van der Waals surface area contributed by atoms with E-state index in [1.807, 2.05) is 17.0 Å². The molecule has 2 fully saturated rings. The van der Waals surface area contributed by atoms with Gasteiger partial charge in [-0.25, -0.2) is 4.79 Å². The van der Waals surface area contributed by atoms with E-state index in [1.165, 1.54) is 25.7 Å². The van der Waals surface area contributed by atoms with Crippen molar-refractivity contribution in [1.82, 2.24) is 9.80 Å². The van der Waals surface area contributed by atoms with Crippen molar-refractivity contribution in [3.63, 3.8) is 0 Å². The molecule has 1 aromatic carbocycles. The van der Waals surface area contributed by atoms with Gasteiger partial charge in [0.2, 0.25) is 5.91 Å². The molecule has 136 valence electrons. The summed E-state index contributed by atoms with van der Waals surface area (Å²) in [7, 11) is 0. The lowest BCUT2D eigenvalue weighted by atomic mass is 10.0. The van der Waals surface area contributed by atoms with Crippen molar-refractivity contribution in [2.24, 2.45) is 5.92 Å². The molecule has 1 heterocycles. The third-order valence-corrected chi connectivity index (χ3v) is 5.38. The van der Waals surface area contributed by atoms with Crippen LogP contribution in [0.5, 0.6) is 0 Å². The van der Waals surface area contributed by atoms with Gasteiger partial charge >= 0.3 is 6.03 Å². The summed E-state index contributed by atoms with van der Waals surface area (Å²) >= 11 is 5.95. The summed E-state index contributed by atoms with van der Waals surface area (Å²) < 4.78 is 0. The lowest BCUT2D eigenvalue weighted by Crippen LogP contribution is -2.39. The molecule has 5 nitrogen and oxygen atoms in total. The highest BCUT2D eigenvalue weighted by atomic mass is 35.5. The number of rotatable bonds is 3. The quantitative estimate of drug-likeness (QED) is 0.882. The van der Waals surface area contributed by atoms with Crippen molar-refractivity contribution in [1.29, 1.82) is 0 Å². The maximum atomic E-state index is 12.5. The molecule has 3 amide bonds. The van der Waals surface area contributed by atoms with Crippen LogP contribution < -0.4 is 5.32 Å². The van der Waals surface area contributed by atoms with E-state index in [2.05, 4.69) is 5.32 Å². The molecule has 0 atom stereocenters. The van der Waals surface area contributed by atoms with Gasteiger partial charge in [0, 0.05) is 43.3 Å². The molecular weight excluding hydrogens is 338 g/mol. The Kier molecular flexibility index (Phi) is 6.19. The largest absolute Gasteiger partial charge is 0.341 e. The average Bonchev–Trinajstić information content (AvgIpc) is 2.95. The van der Waals surface area contributed by atoms with Crippen molar-refractivity contribution in [3.8, 4) is 0 Å². The van der Waals surface area contributed by atoms with Gasteiger partial charge in [0.15, 0.2) is 0 Å². The topological polar surface area (TPSA) is 52.7 Å². The Morgan fingerprint density at radius 1 is 1.04 bits per heavy atom. The fourth-order valence-corrected chi connectivity index (χ4v) is 3.92. The minimum Gasteiger partial charge on any atom is -0.341 e. The molecule has 1 saturated carbocycles. The van der Waals surface area contributed by atoms with Gasteiger partial charge in [-0.1, -0.05) is 30.5 Å². The molecule has 25 heavy (non-hydrogen) atoms. The number of carbonyl (C=O) groups is 2. The van der Waals surface area contributed by atoms with E-state index >= 15 is 0 Å². The third-order valence-electron chi connectivity index (χ3n) is 5.15. The highest BCUT2D eigenvalue weighted by molar-refractivity contribution is 6.30. The highest BCUT2D eigenvalue weighted by Crippen LogP contribution is 2.28. The Bertz CT molecular complexity index is 616. The van der Waals surface area contributed by atoms with Gasteiger partial charge in [0.25, 0.3) is 0 Å². The average molecular weight is 364 g/mol. The monoisotopic (exact) mass is 363 g/mol. The van der Waals surface area contributed by atoms with Crippen LogP contribution in [0.3, 0.4) is 0 Å². The first-order valence-electron chi connectivity index (χ1n) is 9.21. The van der Waals surface area contributed by atoms with Crippen molar-refractivity contribution < 1.29 is 9.59 Å². The van der Waals surface area contributed by atoms with E-state index in [0.717, 1.165) is 13.0 Å². The Balaban J connectivity index is 1.50. The summed E-state index contributed by atoms with van der Waals surface area (Å²) in [6, 6.07) is 7.00. The van der Waals surface area contributed by atoms with Crippen LogP contribution in [0, 0.1) is 5.92 Å². The van der Waals surface area contributed by atoms with Crippen LogP contribution in [-0.2, 0) is 4.79 Å². The van der Waals surface area contributed by atoms with E-state index in [-0.39, 0.29) is 11.9 Å². The maximum Gasteiger partial charge on any atom is 0.321 e. The molecule has 1 saturated heterocycles. The van der Waals surface area contributed by atoms with Gasteiger partial charge < -0.3 is 15.1 Å². The number of carbonyl (C=O) groups excluding carboxylic acids is 2. The van der Waals surface area contributed by atoms with Gasteiger partial charge in [0.05, 0.1) is 0 Å².